The summed E-state index contributed by atoms with van der Waals surface area (Å²) in [5, 5.41) is 11.8. The quantitative estimate of drug-likeness (QED) is 0.656. The maximum Gasteiger partial charge on any atom is 0.303 e. The third-order valence-corrected chi connectivity index (χ3v) is 2.60. The largest absolute Gasteiger partial charge is 0.481 e. The molecular formula is C13H20N2O3. The first-order valence-electron chi connectivity index (χ1n) is 6.14. The van der Waals surface area contributed by atoms with E-state index in [9.17, 15) is 4.79 Å². The van der Waals surface area contributed by atoms with E-state index in [1.165, 1.54) is 0 Å². The van der Waals surface area contributed by atoms with Gasteiger partial charge in [-0.2, -0.15) is 0 Å². The molecule has 0 atom stereocenters. The van der Waals surface area contributed by atoms with Gasteiger partial charge in [0, 0.05) is 24.7 Å². The minimum Gasteiger partial charge on any atom is -0.481 e. The van der Waals surface area contributed by atoms with E-state index in [1.807, 2.05) is 12.1 Å². The number of carboxylic acids is 1. The number of pyridine rings is 1. The standard InChI is InChI=1S/C13H20N2O3/c1-18-13-11(6-5-9-15-13)10-14-8-4-2-3-7-12(16)17/h5-6,9,14H,2-4,7-8,10H2,1H3,(H,16,17). The molecule has 0 unspecified atom stereocenters. The SMILES string of the molecule is COc1ncccc1CNCCCCCC(=O)O. The lowest BCUT2D eigenvalue weighted by atomic mass is 10.2. The Morgan fingerprint density at radius 1 is 1.44 bits per heavy atom. The summed E-state index contributed by atoms with van der Waals surface area (Å²) in [6, 6.07) is 3.86. The topological polar surface area (TPSA) is 71.5 Å². The molecule has 0 aliphatic rings. The molecule has 0 radical (unpaired) electrons. The molecule has 0 bridgehead atoms. The second-order valence-corrected chi connectivity index (χ2v) is 4.05. The van der Waals surface area contributed by atoms with Crippen molar-refractivity contribution in [1.82, 2.24) is 10.3 Å². The molecule has 0 aromatic carbocycles. The van der Waals surface area contributed by atoms with Gasteiger partial charge in [0.1, 0.15) is 0 Å². The van der Waals surface area contributed by atoms with Gasteiger partial charge in [-0.3, -0.25) is 4.79 Å². The van der Waals surface area contributed by atoms with Crippen molar-refractivity contribution in [3.05, 3.63) is 23.9 Å². The molecule has 2 N–H and O–H groups in total. The number of hydrogen-bond acceptors (Lipinski definition) is 4. The number of ether oxygens (including phenoxy) is 1. The average molecular weight is 252 g/mol. The number of methoxy groups -OCH3 is 1. The molecule has 5 heteroatoms. The third-order valence-electron chi connectivity index (χ3n) is 2.60. The van der Waals surface area contributed by atoms with Crippen LogP contribution in [-0.4, -0.2) is 29.7 Å². The van der Waals surface area contributed by atoms with E-state index in [1.54, 1.807) is 13.3 Å². The van der Waals surface area contributed by atoms with Crippen LogP contribution in [0, 0.1) is 0 Å². The molecule has 1 aromatic heterocycles. The van der Waals surface area contributed by atoms with E-state index in [0.29, 0.717) is 5.88 Å². The minimum absolute atomic E-state index is 0.260. The fourth-order valence-corrected chi connectivity index (χ4v) is 1.67. The summed E-state index contributed by atoms with van der Waals surface area (Å²) in [4.78, 5) is 14.4. The lowest BCUT2D eigenvalue weighted by molar-refractivity contribution is -0.137. The number of unbranched alkanes of at least 4 members (excludes halogenated alkanes) is 2. The Kier molecular flexibility index (Phi) is 6.79. The van der Waals surface area contributed by atoms with Crippen LogP contribution in [0.25, 0.3) is 0 Å². The molecule has 18 heavy (non-hydrogen) atoms. The molecule has 0 amide bonds. The van der Waals surface area contributed by atoms with Gasteiger partial charge >= 0.3 is 5.97 Å². The second kappa shape index (κ2) is 8.47. The van der Waals surface area contributed by atoms with Gasteiger partial charge in [0.2, 0.25) is 5.88 Å². The van der Waals surface area contributed by atoms with Crippen molar-refractivity contribution >= 4 is 5.97 Å². The molecule has 5 nitrogen and oxygen atoms in total. The van der Waals surface area contributed by atoms with E-state index >= 15 is 0 Å². The molecule has 0 saturated heterocycles. The van der Waals surface area contributed by atoms with Crippen LogP contribution < -0.4 is 10.1 Å². The molecular weight excluding hydrogens is 232 g/mol. The number of aromatic nitrogens is 1. The first kappa shape index (κ1) is 14.4. The molecule has 1 rings (SSSR count). The first-order chi connectivity index (χ1) is 8.74. The highest BCUT2D eigenvalue weighted by Gasteiger charge is 2.02. The van der Waals surface area contributed by atoms with Gasteiger partial charge < -0.3 is 15.2 Å². The van der Waals surface area contributed by atoms with Crippen molar-refractivity contribution in [3.8, 4) is 5.88 Å². The first-order valence-corrected chi connectivity index (χ1v) is 6.14. The zero-order valence-electron chi connectivity index (χ0n) is 10.7. The van der Waals surface area contributed by atoms with Crippen LogP contribution in [0.2, 0.25) is 0 Å². The van der Waals surface area contributed by atoms with Crippen molar-refractivity contribution in [3.63, 3.8) is 0 Å². The number of carboxylic acid groups (broad SMARTS) is 1. The van der Waals surface area contributed by atoms with Gasteiger partial charge in [-0.25, -0.2) is 4.98 Å². The zero-order chi connectivity index (χ0) is 13.2. The van der Waals surface area contributed by atoms with E-state index in [-0.39, 0.29) is 6.42 Å². The summed E-state index contributed by atoms with van der Waals surface area (Å²) < 4.78 is 5.15. The summed E-state index contributed by atoms with van der Waals surface area (Å²) in [7, 11) is 1.61. The number of nitrogens with zero attached hydrogens (tertiary/aromatic N) is 1. The predicted octanol–water partition coefficient (Wildman–Crippen LogP) is 1.82. The van der Waals surface area contributed by atoms with E-state index in [4.69, 9.17) is 9.84 Å². The highest BCUT2D eigenvalue weighted by atomic mass is 16.5. The summed E-state index contributed by atoms with van der Waals surface area (Å²) >= 11 is 0. The van der Waals surface area contributed by atoms with Gasteiger partial charge in [0.25, 0.3) is 0 Å². The average Bonchev–Trinajstić information content (AvgIpc) is 2.37. The van der Waals surface area contributed by atoms with Crippen molar-refractivity contribution in [1.29, 1.82) is 0 Å². The Bertz CT molecular complexity index is 369. The third kappa shape index (κ3) is 5.63. The summed E-state index contributed by atoms with van der Waals surface area (Å²) in [6.07, 6.45) is 4.62. The van der Waals surface area contributed by atoms with Crippen LogP contribution in [0.15, 0.2) is 18.3 Å². The maximum absolute atomic E-state index is 10.3. The number of nitrogens with one attached hydrogen (secondary N) is 1. The van der Waals surface area contributed by atoms with Crippen LogP contribution >= 0.6 is 0 Å². The Labute approximate surface area is 107 Å². The highest BCUT2D eigenvalue weighted by Crippen LogP contribution is 2.12. The van der Waals surface area contributed by atoms with Gasteiger partial charge in [0.15, 0.2) is 0 Å². The van der Waals surface area contributed by atoms with E-state index < -0.39 is 5.97 Å². The normalized spacial score (nSPS) is 10.3. The lowest BCUT2D eigenvalue weighted by Gasteiger charge is -2.08. The Morgan fingerprint density at radius 3 is 3.00 bits per heavy atom. The second-order valence-electron chi connectivity index (χ2n) is 4.05. The Hall–Kier alpha value is -1.62. The zero-order valence-corrected chi connectivity index (χ0v) is 10.7. The number of hydrogen-bond donors (Lipinski definition) is 2. The monoisotopic (exact) mass is 252 g/mol. The molecule has 0 aliphatic carbocycles. The molecule has 1 aromatic rings. The lowest BCUT2D eigenvalue weighted by Crippen LogP contribution is -2.15. The Morgan fingerprint density at radius 2 is 2.28 bits per heavy atom. The molecule has 0 aliphatic heterocycles. The predicted molar refractivity (Wildman–Crippen MR) is 68.6 cm³/mol. The Balaban J connectivity index is 2.12. The van der Waals surface area contributed by atoms with Crippen LogP contribution in [0.3, 0.4) is 0 Å². The van der Waals surface area contributed by atoms with Crippen LogP contribution in [0.1, 0.15) is 31.2 Å². The summed E-state index contributed by atoms with van der Waals surface area (Å²) in [5.41, 5.74) is 1.03. The maximum atomic E-state index is 10.3. The van der Waals surface area contributed by atoms with Crippen LogP contribution in [-0.2, 0) is 11.3 Å². The van der Waals surface area contributed by atoms with Crippen molar-refractivity contribution in [2.75, 3.05) is 13.7 Å². The van der Waals surface area contributed by atoms with Gasteiger partial charge in [-0.05, 0) is 25.5 Å². The molecule has 0 saturated carbocycles. The van der Waals surface area contributed by atoms with Crippen molar-refractivity contribution in [2.45, 2.75) is 32.2 Å². The fraction of sp³-hybridized carbons (Fsp3) is 0.538. The van der Waals surface area contributed by atoms with Gasteiger partial charge in [-0.1, -0.05) is 12.5 Å². The molecule has 1 heterocycles. The molecule has 0 spiro atoms. The molecule has 0 fully saturated rings. The number of carbonyl (C=O) groups is 1. The summed E-state index contributed by atoms with van der Waals surface area (Å²) in [6.45, 7) is 1.59. The minimum atomic E-state index is -0.719. The fourth-order valence-electron chi connectivity index (χ4n) is 1.67. The van der Waals surface area contributed by atoms with E-state index in [2.05, 4.69) is 10.3 Å². The van der Waals surface area contributed by atoms with Crippen molar-refractivity contribution in [2.24, 2.45) is 0 Å². The molecule has 100 valence electrons. The van der Waals surface area contributed by atoms with E-state index in [0.717, 1.165) is 37.9 Å². The van der Waals surface area contributed by atoms with Crippen molar-refractivity contribution < 1.29 is 14.6 Å². The van der Waals surface area contributed by atoms with Crippen LogP contribution in [0.4, 0.5) is 0 Å². The number of rotatable bonds is 9. The summed E-state index contributed by atoms with van der Waals surface area (Å²) in [5.74, 6) is -0.0704. The van der Waals surface area contributed by atoms with Crippen LogP contribution in [0.5, 0.6) is 5.88 Å². The highest BCUT2D eigenvalue weighted by molar-refractivity contribution is 5.66. The smallest absolute Gasteiger partial charge is 0.303 e. The van der Waals surface area contributed by atoms with Gasteiger partial charge in [0.05, 0.1) is 7.11 Å². The van der Waals surface area contributed by atoms with Gasteiger partial charge in [-0.15, -0.1) is 0 Å². The number of aliphatic carboxylic acids is 1.